The molecule has 0 aromatic heterocycles. The van der Waals surface area contributed by atoms with Crippen molar-refractivity contribution in [1.29, 1.82) is 0 Å². The van der Waals surface area contributed by atoms with Crippen molar-refractivity contribution in [3.63, 3.8) is 0 Å². The van der Waals surface area contributed by atoms with Gasteiger partial charge in [0.1, 0.15) is 0 Å². The summed E-state index contributed by atoms with van der Waals surface area (Å²) in [7, 11) is 0. The van der Waals surface area contributed by atoms with Crippen molar-refractivity contribution in [1.82, 2.24) is 10.2 Å². The highest BCUT2D eigenvalue weighted by Gasteiger charge is 2.31. The van der Waals surface area contributed by atoms with E-state index in [-0.39, 0.29) is 18.4 Å². The highest BCUT2D eigenvalue weighted by atomic mass is 19.4. The Kier molecular flexibility index (Phi) is 5.24. The Bertz CT molecular complexity index is 256. The van der Waals surface area contributed by atoms with Crippen LogP contribution in [-0.2, 0) is 4.79 Å². The second-order valence-corrected chi connectivity index (χ2v) is 4.30. The summed E-state index contributed by atoms with van der Waals surface area (Å²) in [5.74, 6) is 0.0267. The molecule has 0 aromatic rings. The molecule has 0 radical (unpaired) electrons. The molecule has 1 aliphatic rings. The van der Waals surface area contributed by atoms with Crippen molar-refractivity contribution in [2.45, 2.75) is 44.8 Å². The van der Waals surface area contributed by atoms with Crippen LogP contribution in [0.5, 0.6) is 0 Å². The van der Waals surface area contributed by atoms with Crippen molar-refractivity contribution in [2.24, 2.45) is 0 Å². The average Bonchev–Trinajstić information content (AvgIpc) is 2.55. The molecule has 1 amide bonds. The number of nitrogens with zero attached hydrogens (tertiary/aromatic N) is 1. The highest BCUT2D eigenvalue weighted by Crippen LogP contribution is 2.22. The van der Waals surface area contributed by atoms with Gasteiger partial charge < -0.3 is 10.2 Å². The normalized spacial score (nSPS) is 21.3. The number of halogens is 3. The molecule has 1 unspecified atom stereocenters. The van der Waals surface area contributed by atoms with Crippen molar-refractivity contribution < 1.29 is 18.0 Å². The first-order valence-corrected chi connectivity index (χ1v) is 6.03. The van der Waals surface area contributed by atoms with Crippen LogP contribution >= 0.6 is 0 Å². The molecule has 0 aliphatic carbocycles. The number of rotatable bonds is 6. The molecule has 1 fully saturated rings. The molecule has 0 bridgehead atoms. The summed E-state index contributed by atoms with van der Waals surface area (Å²) in [6, 6.07) is -0.136. The molecule has 1 N–H and O–H groups in total. The van der Waals surface area contributed by atoms with Gasteiger partial charge in [0, 0.05) is 19.5 Å². The van der Waals surface area contributed by atoms with E-state index in [9.17, 15) is 18.0 Å². The predicted molar refractivity (Wildman–Crippen MR) is 58.6 cm³/mol. The third-order valence-electron chi connectivity index (χ3n) is 2.89. The first kappa shape index (κ1) is 14.3. The Balaban J connectivity index is 2.19. The predicted octanol–water partition coefficient (Wildman–Crippen LogP) is 1.93. The van der Waals surface area contributed by atoms with Crippen LogP contribution in [0.3, 0.4) is 0 Å². The number of unbranched alkanes of at least 4 members (excludes halogenated alkanes) is 1. The summed E-state index contributed by atoms with van der Waals surface area (Å²) in [6.45, 7) is 3.76. The molecule has 1 atom stereocenters. The molecule has 1 heterocycles. The van der Waals surface area contributed by atoms with Crippen molar-refractivity contribution >= 4 is 5.91 Å². The van der Waals surface area contributed by atoms with Crippen LogP contribution in [0, 0.1) is 0 Å². The summed E-state index contributed by atoms with van der Waals surface area (Å²) < 4.78 is 35.7. The van der Waals surface area contributed by atoms with Crippen LogP contribution in [-0.4, -0.2) is 42.7 Å². The molecule has 6 heteroatoms. The van der Waals surface area contributed by atoms with Crippen LogP contribution in [0.2, 0.25) is 0 Å². The van der Waals surface area contributed by atoms with E-state index in [1.165, 1.54) is 0 Å². The fraction of sp³-hybridized carbons (Fsp3) is 0.909. The van der Waals surface area contributed by atoms with Crippen molar-refractivity contribution in [2.75, 3.05) is 19.6 Å². The molecule has 1 saturated heterocycles. The summed E-state index contributed by atoms with van der Waals surface area (Å²) in [4.78, 5) is 13.4. The maximum atomic E-state index is 11.9. The molecule has 1 rings (SSSR count). The fourth-order valence-corrected chi connectivity index (χ4v) is 2.02. The molecular weight excluding hydrogens is 233 g/mol. The number of amides is 1. The van der Waals surface area contributed by atoms with Crippen LogP contribution in [0.1, 0.15) is 32.6 Å². The lowest BCUT2D eigenvalue weighted by molar-refractivity contribution is -0.136. The quantitative estimate of drug-likeness (QED) is 0.733. The zero-order chi connectivity index (χ0) is 12.9. The van der Waals surface area contributed by atoms with Crippen LogP contribution in [0.4, 0.5) is 13.2 Å². The van der Waals surface area contributed by atoms with E-state index in [1.54, 1.807) is 4.90 Å². The maximum absolute atomic E-state index is 11.9. The zero-order valence-electron chi connectivity index (χ0n) is 10.0. The summed E-state index contributed by atoms with van der Waals surface area (Å²) in [5, 5.41) is 3.07. The molecule has 0 saturated carbocycles. The van der Waals surface area contributed by atoms with E-state index in [2.05, 4.69) is 5.32 Å². The largest absolute Gasteiger partial charge is 0.389 e. The molecule has 1 aliphatic heterocycles. The van der Waals surface area contributed by atoms with Gasteiger partial charge in [-0.05, 0) is 25.8 Å². The number of likely N-dealkylation sites (tertiary alicyclic amines) is 1. The average molecular weight is 252 g/mol. The second kappa shape index (κ2) is 6.23. The smallest absolute Gasteiger partial charge is 0.341 e. The van der Waals surface area contributed by atoms with Gasteiger partial charge in [0.05, 0.1) is 6.04 Å². The minimum atomic E-state index is -4.08. The van der Waals surface area contributed by atoms with E-state index in [4.69, 9.17) is 0 Å². The van der Waals surface area contributed by atoms with Crippen LogP contribution in [0.15, 0.2) is 0 Å². The van der Waals surface area contributed by atoms with Crippen molar-refractivity contribution in [3.05, 3.63) is 0 Å². The Morgan fingerprint density at radius 2 is 2.12 bits per heavy atom. The third kappa shape index (κ3) is 4.93. The first-order chi connectivity index (χ1) is 7.94. The molecule has 100 valence electrons. The van der Waals surface area contributed by atoms with Gasteiger partial charge in [-0.25, -0.2) is 0 Å². The Morgan fingerprint density at radius 1 is 1.41 bits per heavy atom. The number of hydrogen-bond donors (Lipinski definition) is 1. The highest BCUT2D eigenvalue weighted by molar-refractivity contribution is 5.83. The monoisotopic (exact) mass is 252 g/mol. The Morgan fingerprint density at radius 3 is 2.71 bits per heavy atom. The summed E-state index contributed by atoms with van der Waals surface area (Å²) in [5.41, 5.74) is 0. The molecule has 0 spiro atoms. The van der Waals surface area contributed by atoms with Gasteiger partial charge >= 0.3 is 6.18 Å². The second-order valence-electron chi connectivity index (χ2n) is 4.30. The molecule has 3 nitrogen and oxygen atoms in total. The SMILES string of the molecule is CCNC1CCN(CCCCC(F)(F)F)C1=O. The van der Waals surface area contributed by atoms with Gasteiger partial charge in [0.2, 0.25) is 5.91 Å². The maximum Gasteiger partial charge on any atom is 0.389 e. The fourth-order valence-electron chi connectivity index (χ4n) is 2.02. The van der Waals surface area contributed by atoms with Gasteiger partial charge in [-0.1, -0.05) is 6.92 Å². The van der Waals surface area contributed by atoms with Gasteiger partial charge in [-0.3, -0.25) is 4.79 Å². The van der Waals surface area contributed by atoms with E-state index in [1.807, 2.05) is 6.92 Å². The number of alkyl halides is 3. The van der Waals surface area contributed by atoms with E-state index in [0.717, 1.165) is 13.0 Å². The molecular formula is C11H19F3N2O. The molecule has 0 aromatic carbocycles. The van der Waals surface area contributed by atoms with Crippen LogP contribution < -0.4 is 5.32 Å². The lowest BCUT2D eigenvalue weighted by atomic mass is 10.2. The van der Waals surface area contributed by atoms with E-state index >= 15 is 0 Å². The van der Waals surface area contributed by atoms with Gasteiger partial charge in [0.25, 0.3) is 0 Å². The minimum Gasteiger partial charge on any atom is -0.341 e. The number of nitrogens with one attached hydrogen (secondary N) is 1. The number of carbonyl (C=O) groups is 1. The lowest BCUT2D eigenvalue weighted by Gasteiger charge is -2.17. The Labute approximate surface area is 99.4 Å². The van der Waals surface area contributed by atoms with Gasteiger partial charge in [-0.15, -0.1) is 0 Å². The van der Waals surface area contributed by atoms with E-state index in [0.29, 0.717) is 19.5 Å². The summed E-state index contributed by atoms with van der Waals surface area (Å²) in [6.07, 6.45) is -3.57. The number of hydrogen-bond acceptors (Lipinski definition) is 2. The van der Waals surface area contributed by atoms with Gasteiger partial charge in [-0.2, -0.15) is 13.2 Å². The first-order valence-electron chi connectivity index (χ1n) is 6.03. The standard InChI is InChI=1S/C11H19F3N2O/c1-2-15-9-5-8-16(10(9)17)7-4-3-6-11(12,13)14/h9,15H,2-8H2,1H3. The van der Waals surface area contributed by atoms with E-state index < -0.39 is 12.6 Å². The van der Waals surface area contributed by atoms with Crippen molar-refractivity contribution in [3.8, 4) is 0 Å². The summed E-state index contributed by atoms with van der Waals surface area (Å²) >= 11 is 0. The zero-order valence-corrected chi connectivity index (χ0v) is 10.0. The molecule has 17 heavy (non-hydrogen) atoms. The number of carbonyl (C=O) groups excluding carboxylic acids is 1. The van der Waals surface area contributed by atoms with Crippen LogP contribution in [0.25, 0.3) is 0 Å². The van der Waals surface area contributed by atoms with Gasteiger partial charge in [0.15, 0.2) is 0 Å². The number of likely N-dealkylation sites (N-methyl/N-ethyl adjacent to an activating group) is 1. The third-order valence-corrected chi connectivity index (χ3v) is 2.89. The lowest BCUT2D eigenvalue weighted by Crippen LogP contribution is -2.38. The minimum absolute atomic E-state index is 0.0267. The topological polar surface area (TPSA) is 32.3 Å². The Hall–Kier alpha value is -0.780.